The highest BCUT2D eigenvalue weighted by atomic mass is 16.2. The molecule has 0 radical (unpaired) electrons. The van der Waals surface area contributed by atoms with Crippen molar-refractivity contribution in [2.75, 3.05) is 45.8 Å². The summed E-state index contributed by atoms with van der Waals surface area (Å²) in [5, 5.41) is 0. The number of aromatic nitrogens is 1. The van der Waals surface area contributed by atoms with Crippen LogP contribution in [0.5, 0.6) is 0 Å². The van der Waals surface area contributed by atoms with Crippen molar-refractivity contribution in [1.82, 2.24) is 19.7 Å². The fourth-order valence-electron chi connectivity index (χ4n) is 3.94. The number of carbonyl (C=O) groups excluding carboxylic acids is 2. The molecule has 25 heavy (non-hydrogen) atoms. The van der Waals surface area contributed by atoms with Crippen LogP contribution < -0.4 is 0 Å². The normalized spacial score (nSPS) is 25.0. The molecule has 2 amide bonds. The third-order valence-corrected chi connectivity index (χ3v) is 5.17. The standard InChI is InChI=1S/C19H28N4O2/c1-15-11-16(2)13-23(12-15)18(24)14-21-7-9-22(10-8-21)19(25)17-3-5-20-6-4-17/h3-6,15-16H,7-14H2,1-2H3. The van der Waals surface area contributed by atoms with E-state index in [9.17, 15) is 9.59 Å². The topological polar surface area (TPSA) is 56.8 Å². The molecule has 2 aliphatic rings. The number of hydrogen-bond donors (Lipinski definition) is 0. The molecule has 2 saturated heterocycles. The number of nitrogens with zero attached hydrogens (tertiary/aromatic N) is 4. The molecule has 0 saturated carbocycles. The summed E-state index contributed by atoms with van der Waals surface area (Å²) in [5.74, 6) is 1.45. The Kier molecular flexibility index (Phi) is 5.68. The van der Waals surface area contributed by atoms with Crippen LogP contribution in [0, 0.1) is 11.8 Å². The van der Waals surface area contributed by atoms with Crippen molar-refractivity contribution < 1.29 is 9.59 Å². The summed E-state index contributed by atoms with van der Waals surface area (Å²) >= 11 is 0. The van der Waals surface area contributed by atoms with E-state index in [-0.39, 0.29) is 11.8 Å². The van der Waals surface area contributed by atoms with Crippen molar-refractivity contribution in [3.63, 3.8) is 0 Å². The monoisotopic (exact) mass is 344 g/mol. The largest absolute Gasteiger partial charge is 0.341 e. The zero-order valence-electron chi connectivity index (χ0n) is 15.2. The summed E-state index contributed by atoms with van der Waals surface area (Å²) in [6, 6.07) is 3.49. The Hall–Kier alpha value is -1.95. The number of piperazine rings is 1. The van der Waals surface area contributed by atoms with Gasteiger partial charge in [-0.05, 0) is 30.4 Å². The first-order chi connectivity index (χ1) is 12.0. The third kappa shape index (κ3) is 4.57. The fraction of sp³-hybridized carbons (Fsp3) is 0.632. The highest BCUT2D eigenvalue weighted by molar-refractivity contribution is 5.94. The maximum absolute atomic E-state index is 12.6. The summed E-state index contributed by atoms with van der Waals surface area (Å²) in [6.07, 6.45) is 4.49. The second-order valence-electron chi connectivity index (χ2n) is 7.55. The van der Waals surface area contributed by atoms with Gasteiger partial charge in [-0.25, -0.2) is 0 Å². The lowest BCUT2D eigenvalue weighted by molar-refractivity contribution is -0.135. The molecule has 2 aliphatic heterocycles. The number of rotatable bonds is 3. The van der Waals surface area contributed by atoms with E-state index in [1.54, 1.807) is 24.5 Å². The zero-order chi connectivity index (χ0) is 17.8. The van der Waals surface area contributed by atoms with E-state index >= 15 is 0 Å². The molecule has 136 valence electrons. The minimum Gasteiger partial charge on any atom is -0.341 e. The summed E-state index contributed by atoms with van der Waals surface area (Å²) in [7, 11) is 0. The first-order valence-corrected chi connectivity index (χ1v) is 9.22. The molecule has 6 nitrogen and oxygen atoms in total. The van der Waals surface area contributed by atoms with Gasteiger partial charge in [0.1, 0.15) is 0 Å². The third-order valence-electron chi connectivity index (χ3n) is 5.17. The van der Waals surface area contributed by atoms with Crippen LogP contribution in [0.25, 0.3) is 0 Å². The summed E-state index contributed by atoms with van der Waals surface area (Å²) in [4.78, 5) is 35.0. The van der Waals surface area contributed by atoms with Crippen LogP contribution in [0.2, 0.25) is 0 Å². The van der Waals surface area contributed by atoms with Gasteiger partial charge in [0.05, 0.1) is 6.54 Å². The molecule has 2 atom stereocenters. The minimum absolute atomic E-state index is 0.0482. The van der Waals surface area contributed by atoms with E-state index < -0.39 is 0 Å². The summed E-state index contributed by atoms with van der Waals surface area (Å²) < 4.78 is 0. The molecule has 0 spiro atoms. The fourth-order valence-corrected chi connectivity index (χ4v) is 3.94. The van der Waals surface area contributed by atoms with Gasteiger partial charge in [-0.1, -0.05) is 13.8 Å². The molecule has 1 aromatic rings. The van der Waals surface area contributed by atoms with Gasteiger partial charge in [0.25, 0.3) is 5.91 Å². The maximum atomic E-state index is 12.6. The van der Waals surface area contributed by atoms with Crippen molar-refractivity contribution in [1.29, 1.82) is 0 Å². The number of hydrogen-bond acceptors (Lipinski definition) is 4. The highest BCUT2D eigenvalue weighted by Crippen LogP contribution is 2.21. The summed E-state index contributed by atoms with van der Waals surface area (Å²) in [5.41, 5.74) is 0.677. The van der Waals surface area contributed by atoms with Crippen LogP contribution in [0.1, 0.15) is 30.6 Å². The van der Waals surface area contributed by atoms with E-state index in [1.807, 2.05) is 9.80 Å². The van der Waals surface area contributed by atoms with Gasteiger partial charge in [0, 0.05) is 57.2 Å². The Labute approximate surface area is 149 Å². The van der Waals surface area contributed by atoms with Crippen LogP contribution in [0.4, 0.5) is 0 Å². The number of likely N-dealkylation sites (tertiary alicyclic amines) is 1. The van der Waals surface area contributed by atoms with E-state index in [4.69, 9.17) is 0 Å². The van der Waals surface area contributed by atoms with Gasteiger partial charge in [-0.2, -0.15) is 0 Å². The van der Waals surface area contributed by atoms with Gasteiger partial charge in [0.15, 0.2) is 0 Å². The van der Waals surface area contributed by atoms with Crippen molar-refractivity contribution in [3.8, 4) is 0 Å². The molecule has 6 heteroatoms. The maximum Gasteiger partial charge on any atom is 0.254 e. The lowest BCUT2D eigenvalue weighted by atomic mass is 9.92. The molecular weight excluding hydrogens is 316 g/mol. The molecule has 0 aromatic carbocycles. The predicted octanol–water partition coefficient (Wildman–Crippen LogP) is 1.34. The van der Waals surface area contributed by atoms with E-state index in [0.717, 1.165) is 26.2 Å². The number of carbonyl (C=O) groups is 2. The molecule has 2 fully saturated rings. The average molecular weight is 344 g/mol. The molecular formula is C19H28N4O2. The van der Waals surface area contributed by atoms with Crippen molar-refractivity contribution >= 4 is 11.8 Å². The minimum atomic E-state index is 0.0482. The van der Waals surface area contributed by atoms with Crippen molar-refractivity contribution in [2.45, 2.75) is 20.3 Å². The van der Waals surface area contributed by atoms with Gasteiger partial charge in [-0.3, -0.25) is 19.5 Å². The van der Waals surface area contributed by atoms with E-state index in [2.05, 4.69) is 23.7 Å². The predicted molar refractivity (Wildman–Crippen MR) is 96.1 cm³/mol. The SMILES string of the molecule is CC1CC(C)CN(C(=O)CN2CCN(C(=O)c3ccncc3)CC2)C1. The lowest BCUT2D eigenvalue weighted by Crippen LogP contribution is -2.53. The molecule has 0 aliphatic carbocycles. The van der Waals surface area contributed by atoms with Gasteiger partial charge in [0.2, 0.25) is 5.91 Å². The molecule has 1 aromatic heterocycles. The van der Waals surface area contributed by atoms with E-state index in [0.29, 0.717) is 37.0 Å². The summed E-state index contributed by atoms with van der Waals surface area (Å²) in [6.45, 7) is 9.51. The Bertz CT molecular complexity index is 589. The Balaban J connectivity index is 1.48. The highest BCUT2D eigenvalue weighted by Gasteiger charge is 2.28. The lowest BCUT2D eigenvalue weighted by Gasteiger charge is -2.38. The number of amides is 2. The Morgan fingerprint density at radius 2 is 1.60 bits per heavy atom. The van der Waals surface area contributed by atoms with Crippen LogP contribution in [0.3, 0.4) is 0 Å². The quantitative estimate of drug-likeness (QED) is 0.830. The van der Waals surface area contributed by atoms with Crippen LogP contribution in [-0.4, -0.2) is 77.3 Å². The van der Waals surface area contributed by atoms with Gasteiger partial charge < -0.3 is 9.80 Å². The van der Waals surface area contributed by atoms with Crippen LogP contribution >= 0.6 is 0 Å². The van der Waals surface area contributed by atoms with E-state index in [1.165, 1.54) is 6.42 Å². The second-order valence-corrected chi connectivity index (χ2v) is 7.55. The molecule has 0 bridgehead atoms. The first-order valence-electron chi connectivity index (χ1n) is 9.22. The molecule has 3 rings (SSSR count). The Morgan fingerprint density at radius 1 is 1.00 bits per heavy atom. The molecule has 0 N–H and O–H groups in total. The van der Waals surface area contributed by atoms with Crippen LogP contribution in [-0.2, 0) is 4.79 Å². The second kappa shape index (κ2) is 7.95. The molecule has 3 heterocycles. The Morgan fingerprint density at radius 3 is 2.20 bits per heavy atom. The number of pyridine rings is 1. The zero-order valence-corrected chi connectivity index (χ0v) is 15.2. The average Bonchev–Trinajstić information content (AvgIpc) is 2.61. The van der Waals surface area contributed by atoms with Crippen molar-refractivity contribution in [3.05, 3.63) is 30.1 Å². The van der Waals surface area contributed by atoms with Crippen molar-refractivity contribution in [2.24, 2.45) is 11.8 Å². The van der Waals surface area contributed by atoms with Crippen LogP contribution in [0.15, 0.2) is 24.5 Å². The number of piperidine rings is 1. The molecule has 2 unspecified atom stereocenters. The van der Waals surface area contributed by atoms with Gasteiger partial charge in [-0.15, -0.1) is 0 Å². The van der Waals surface area contributed by atoms with Gasteiger partial charge >= 0.3 is 0 Å². The first kappa shape index (κ1) is 17.9. The smallest absolute Gasteiger partial charge is 0.254 e.